The Morgan fingerprint density at radius 2 is 2.18 bits per heavy atom. The van der Waals surface area contributed by atoms with E-state index < -0.39 is 0 Å². The predicted octanol–water partition coefficient (Wildman–Crippen LogP) is 3.01. The van der Waals surface area contributed by atoms with Crippen LogP contribution in [0.3, 0.4) is 0 Å². The minimum atomic E-state index is 0.729. The summed E-state index contributed by atoms with van der Waals surface area (Å²) >= 11 is 0. The Morgan fingerprint density at radius 1 is 1.36 bits per heavy atom. The third kappa shape index (κ3) is 1.18. The van der Waals surface area contributed by atoms with Gasteiger partial charge in [0.25, 0.3) is 0 Å². The van der Waals surface area contributed by atoms with E-state index in [-0.39, 0.29) is 0 Å². The van der Waals surface area contributed by atoms with E-state index >= 15 is 0 Å². The monoisotopic (exact) mass is 144 g/mol. The van der Waals surface area contributed by atoms with Crippen molar-refractivity contribution >= 4 is 0 Å². The molecular weight excluding hydrogens is 132 g/mol. The topological polar surface area (TPSA) is 0 Å². The Labute approximate surface area is 68.3 Å². The lowest BCUT2D eigenvalue weighted by molar-refractivity contribution is 0.646. The first-order valence-corrected chi connectivity index (χ1v) is 4.21. The SMILES string of the molecule is CC1CC[C]c2ccccc21. The van der Waals surface area contributed by atoms with Gasteiger partial charge < -0.3 is 0 Å². The van der Waals surface area contributed by atoms with Crippen molar-refractivity contribution in [3.63, 3.8) is 0 Å². The number of fused-ring (bicyclic) bond motifs is 1. The molecule has 0 saturated heterocycles. The van der Waals surface area contributed by atoms with Crippen LogP contribution in [0.2, 0.25) is 0 Å². The zero-order chi connectivity index (χ0) is 7.68. The van der Waals surface area contributed by atoms with Crippen molar-refractivity contribution in [2.45, 2.75) is 25.7 Å². The van der Waals surface area contributed by atoms with E-state index in [2.05, 4.69) is 37.6 Å². The summed E-state index contributed by atoms with van der Waals surface area (Å²) < 4.78 is 0. The Morgan fingerprint density at radius 3 is 3.00 bits per heavy atom. The lowest BCUT2D eigenvalue weighted by Gasteiger charge is -2.20. The van der Waals surface area contributed by atoms with Gasteiger partial charge in [-0.2, -0.15) is 0 Å². The van der Waals surface area contributed by atoms with E-state index in [1.54, 1.807) is 0 Å². The second-order valence-electron chi connectivity index (χ2n) is 3.20. The number of hydrogen-bond donors (Lipinski definition) is 0. The average molecular weight is 144 g/mol. The van der Waals surface area contributed by atoms with Crippen molar-refractivity contribution in [2.24, 2.45) is 0 Å². The molecule has 1 aliphatic carbocycles. The highest BCUT2D eigenvalue weighted by Gasteiger charge is 2.14. The maximum absolute atomic E-state index is 3.39. The van der Waals surface area contributed by atoms with Crippen molar-refractivity contribution in [1.82, 2.24) is 0 Å². The van der Waals surface area contributed by atoms with Gasteiger partial charge in [0, 0.05) is 6.42 Å². The van der Waals surface area contributed by atoms with Gasteiger partial charge in [0.05, 0.1) is 0 Å². The molecule has 2 rings (SSSR count). The minimum absolute atomic E-state index is 0.729. The van der Waals surface area contributed by atoms with E-state index in [9.17, 15) is 0 Å². The van der Waals surface area contributed by atoms with Gasteiger partial charge in [0.15, 0.2) is 0 Å². The predicted molar refractivity (Wildman–Crippen MR) is 46.4 cm³/mol. The van der Waals surface area contributed by atoms with E-state index in [1.165, 1.54) is 17.5 Å². The number of hydrogen-bond acceptors (Lipinski definition) is 0. The van der Waals surface area contributed by atoms with Crippen molar-refractivity contribution < 1.29 is 0 Å². The summed E-state index contributed by atoms with van der Waals surface area (Å²) in [5.74, 6) is 0.729. The van der Waals surface area contributed by atoms with E-state index in [1.807, 2.05) is 0 Å². The second-order valence-corrected chi connectivity index (χ2v) is 3.20. The van der Waals surface area contributed by atoms with Gasteiger partial charge >= 0.3 is 0 Å². The zero-order valence-electron chi connectivity index (χ0n) is 6.80. The maximum atomic E-state index is 3.39. The van der Waals surface area contributed by atoms with Crippen LogP contribution in [0.25, 0.3) is 0 Å². The fraction of sp³-hybridized carbons (Fsp3) is 0.364. The lowest BCUT2D eigenvalue weighted by Crippen LogP contribution is -2.04. The summed E-state index contributed by atoms with van der Waals surface area (Å²) in [6.07, 6.45) is 5.78. The first-order chi connectivity index (χ1) is 5.38. The average Bonchev–Trinajstić information content (AvgIpc) is 2.06. The molecule has 11 heavy (non-hydrogen) atoms. The molecule has 56 valence electrons. The summed E-state index contributed by atoms with van der Waals surface area (Å²) in [5, 5.41) is 0. The third-order valence-corrected chi connectivity index (χ3v) is 2.38. The Hall–Kier alpha value is -0.780. The normalized spacial score (nSPS) is 22.8. The fourth-order valence-electron chi connectivity index (χ4n) is 1.67. The maximum Gasteiger partial charge on any atom is 0.0168 e. The quantitative estimate of drug-likeness (QED) is 0.525. The zero-order valence-corrected chi connectivity index (χ0v) is 6.80. The lowest BCUT2D eigenvalue weighted by atomic mass is 9.84. The van der Waals surface area contributed by atoms with Gasteiger partial charge in [-0.05, 0) is 29.9 Å². The highest BCUT2D eigenvalue weighted by atomic mass is 14.2. The van der Waals surface area contributed by atoms with Crippen molar-refractivity contribution in [3.05, 3.63) is 41.8 Å². The molecule has 0 aliphatic heterocycles. The van der Waals surface area contributed by atoms with Gasteiger partial charge in [-0.25, -0.2) is 0 Å². The third-order valence-electron chi connectivity index (χ3n) is 2.38. The molecule has 0 bridgehead atoms. The highest BCUT2D eigenvalue weighted by molar-refractivity contribution is 5.37. The molecule has 0 amide bonds. The van der Waals surface area contributed by atoms with Crippen LogP contribution in [-0.4, -0.2) is 0 Å². The molecular formula is C11H12. The van der Waals surface area contributed by atoms with Crippen molar-refractivity contribution in [2.75, 3.05) is 0 Å². The van der Waals surface area contributed by atoms with Crippen LogP contribution in [0.15, 0.2) is 24.3 Å². The van der Waals surface area contributed by atoms with Crippen LogP contribution in [-0.2, 0) is 0 Å². The largest absolute Gasteiger partial charge is 0.0620 e. The molecule has 0 spiro atoms. The molecule has 0 aromatic heterocycles. The molecule has 0 N–H and O–H groups in total. The van der Waals surface area contributed by atoms with Gasteiger partial charge in [-0.3, -0.25) is 0 Å². The number of benzene rings is 1. The van der Waals surface area contributed by atoms with Gasteiger partial charge in [0.1, 0.15) is 0 Å². The van der Waals surface area contributed by atoms with E-state index in [0.717, 1.165) is 12.3 Å². The van der Waals surface area contributed by atoms with E-state index in [4.69, 9.17) is 0 Å². The molecule has 1 aromatic rings. The summed E-state index contributed by atoms with van der Waals surface area (Å²) in [5.41, 5.74) is 2.80. The molecule has 2 radical (unpaired) electrons. The Balaban J connectivity index is 2.44. The Bertz CT molecular complexity index is 250. The molecule has 0 heteroatoms. The molecule has 0 saturated carbocycles. The van der Waals surface area contributed by atoms with Crippen molar-refractivity contribution in [3.8, 4) is 0 Å². The van der Waals surface area contributed by atoms with Gasteiger partial charge in [-0.1, -0.05) is 31.2 Å². The molecule has 1 aliphatic rings. The van der Waals surface area contributed by atoms with E-state index in [0.29, 0.717) is 0 Å². The smallest absolute Gasteiger partial charge is 0.0168 e. The van der Waals surface area contributed by atoms with Crippen LogP contribution in [0.4, 0.5) is 0 Å². The second kappa shape index (κ2) is 2.69. The van der Waals surface area contributed by atoms with Crippen LogP contribution >= 0.6 is 0 Å². The first kappa shape index (κ1) is 6.90. The fourth-order valence-corrected chi connectivity index (χ4v) is 1.67. The molecule has 1 atom stereocenters. The van der Waals surface area contributed by atoms with Crippen LogP contribution in [0.5, 0.6) is 0 Å². The first-order valence-electron chi connectivity index (χ1n) is 4.21. The summed E-state index contributed by atoms with van der Waals surface area (Å²) in [6, 6.07) is 8.57. The van der Waals surface area contributed by atoms with Crippen molar-refractivity contribution in [1.29, 1.82) is 0 Å². The summed E-state index contributed by atoms with van der Waals surface area (Å²) in [7, 11) is 0. The summed E-state index contributed by atoms with van der Waals surface area (Å²) in [6.45, 7) is 2.29. The molecule has 0 nitrogen and oxygen atoms in total. The van der Waals surface area contributed by atoms with Crippen LogP contribution in [0, 0.1) is 6.42 Å². The van der Waals surface area contributed by atoms with Crippen LogP contribution in [0.1, 0.15) is 36.8 Å². The summed E-state index contributed by atoms with van der Waals surface area (Å²) in [4.78, 5) is 0. The Kier molecular flexibility index (Phi) is 1.69. The number of rotatable bonds is 0. The highest BCUT2D eigenvalue weighted by Crippen LogP contribution is 2.31. The molecule has 1 aromatic carbocycles. The van der Waals surface area contributed by atoms with Gasteiger partial charge in [-0.15, -0.1) is 0 Å². The van der Waals surface area contributed by atoms with Crippen LogP contribution < -0.4 is 0 Å². The standard InChI is InChI=1S/C11H12/c1-9-5-4-7-10-6-2-3-8-11(9)10/h2-3,6,8-9H,4-5H2,1H3. The molecule has 0 fully saturated rings. The molecule has 0 heterocycles. The van der Waals surface area contributed by atoms with Gasteiger partial charge in [0.2, 0.25) is 0 Å². The minimum Gasteiger partial charge on any atom is -0.0620 e. The molecule has 1 unspecified atom stereocenters.